The van der Waals surface area contributed by atoms with E-state index in [1.165, 1.54) is 37.2 Å². The van der Waals surface area contributed by atoms with Gasteiger partial charge in [0, 0.05) is 6.42 Å². The maximum Gasteiger partial charge on any atom is 0.246 e. The third-order valence-corrected chi connectivity index (χ3v) is 2.78. The van der Waals surface area contributed by atoms with Gasteiger partial charge in [-0.25, -0.2) is 5.06 Å². The summed E-state index contributed by atoms with van der Waals surface area (Å²) in [6.45, 7) is 3.71. The third kappa shape index (κ3) is 5.17. The summed E-state index contributed by atoms with van der Waals surface area (Å²) in [6.07, 6.45) is 9.02. The lowest BCUT2D eigenvalue weighted by molar-refractivity contribution is -0.168. The van der Waals surface area contributed by atoms with Gasteiger partial charge in [-0.05, 0) is 12.8 Å². The predicted molar refractivity (Wildman–Crippen MR) is 60.3 cm³/mol. The molecule has 0 N–H and O–H groups in total. The van der Waals surface area contributed by atoms with Crippen LogP contribution in [0.15, 0.2) is 0 Å². The predicted octanol–water partition coefficient (Wildman–Crippen LogP) is 2.90. The number of unbranched alkanes of at least 4 members (excludes halogenated alkanes) is 5. The van der Waals surface area contributed by atoms with Gasteiger partial charge >= 0.3 is 0 Å². The average Bonchev–Trinajstić information content (AvgIpc) is 2.76. The Balaban J connectivity index is 1.92. The van der Waals surface area contributed by atoms with Gasteiger partial charge in [0.1, 0.15) is 0 Å². The lowest BCUT2D eigenvalue weighted by Crippen LogP contribution is -2.26. The molecule has 0 aromatic rings. The molecule has 0 aromatic heterocycles. The number of carbonyl (C=O) groups excluding carboxylic acids is 1. The number of hydrogen-bond acceptors (Lipinski definition) is 2. The highest BCUT2D eigenvalue weighted by Crippen LogP contribution is 2.11. The number of hydrogen-bond donors (Lipinski definition) is 0. The average molecular weight is 213 g/mol. The molecular formula is C12H23NO2. The Kier molecular flexibility index (Phi) is 6.41. The molecular weight excluding hydrogens is 190 g/mol. The Morgan fingerprint density at radius 2 is 1.93 bits per heavy atom. The molecule has 0 aromatic carbocycles. The molecule has 0 bridgehead atoms. The van der Waals surface area contributed by atoms with Crippen LogP contribution in [0, 0.1) is 0 Å². The third-order valence-electron chi connectivity index (χ3n) is 2.78. The highest BCUT2D eigenvalue weighted by atomic mass is 16.7. The fraction of sp³-hybridized carbons (Fsp3) is 0.917. The fourth-order valence-corrected chi connectivity index (χ4v) is 1.83. The minimum absolute atomic E-state index is 0.169. The second-order valence-corrected chi connectivity index (χ2v) is 4.20. The van der Waals surface area contributed by atoms with Crippen LogP contribution in [0.3, 0.4) is 0 Å². The quantitative estimate of drug-likeness (QED) is 0.609. The summed E-state index contributed by atoms with van der Waals surface area (Å²) in [5.41, 5.74) is 0. The summed E-state index contributed by atoms with van der Waals surface area (Å²) >= 11 is 0. The van der Waals surface area contributed by atoms with Gasteiger partial charge in [-0.15, -0.1) is 0 Å². The second-order valence-electron chi connectivity index (χ2n) is 4.20. The van der Waals surface area contributed by atoms with Crippen molar-refractivity contribution >= 4 is 5.91 Å². The van der Waals surface area contributed by atoms with E-state index in [2.05, 4.69) is 6.92 Å². The van der Waals surface area contributed by atoms with Gasteiger partial charge in [0.2, 0.25) is 5.91 Å². The van der Waals surface area contributed by atoms with E-state index in [0.29, 0.717) is 13.0 Å². The zero-order valence-corrected chi connectivity index (χ0v) is 9.83. The van der Waals surface area contributed by atoms with Crippen LogP contribution in [0.25, 0.3) is 0 Å². The summed E-state index contributed by atoms with van der Waals surface area (Å²) in [5.74, 6) is 0.169. The van der Waals surface area contributed by atoms with Crippen molar-refractivity contribution in [1.29, 1.82) is 0 Å². The normalized spacial score (nSPS) is 15.9. The Hall–Kier alpha value is -0.570. The molecule has 88 valence electrons. The molecule has 3 nitrogen and oxygen atoms in total. The van der Waals surface area contributed by atoms with Crippen LogP contribution in [-0.4, -0.2) is 24.1 Å². The fourth-order valence-electron chi connectivity index (χ4n) is 1.83. The van der Waals surface area contributed by atoms with Gasteiger partial charge in [0.15, 0.2) is 0 Å². The van der Waals surface area contributed by atoms with Crippen molar-refractivity contribution in [1.82, 2.24) is 5.06 Å². The van der Waals surface area contributed by atoms with Crippen molar-refractivity contribution in [3.05, 3.63) is 0 Å². The zero-order chi connectivity index (χ0) is 10.9. The molecule has 0 saturated carbocycles. The molecule has 1 amide bonds. The van der Waals surface area contributed by atoms with Crippen molar-refractivity contribution in [3.63, 3.8) is 0 Å². The van der Waals surface area contributed by atoms with E-state index in [9.17, 15) is 4.79 Å². The molecule has 1 rings (SSSR count). The largest absolute Gasteiger partial charge is 0.273 e. The summed E-state index contributed by atoms with van der Waals surface area (Å²) in [6, 6.07) is 0. The van der Waals surface area contributed by atoms with E-state index in [-0.39, 0.29) is 5.91 Å². The molecule has 1 aliphatic heterocycles. The molecule has 1 aliphatic rings. The van der Waals surface area contributed by atoms with Crippen molar-refractivity contribution < 1.29 is 9.63 Å². The summed E-state index contributed by atoms with van der Waals surface area (Å²) < 4.78 is 0. The molecule has 0 atom stereocenters. The minimum Gasteiger partial charge on any atom is -0.273 e. The van der Waals surface area contributed by atoms with Gasteiger partial charge in [-0.3, -0.25) is 9.63 Å². The Bertz CT molecular complexity index is 176. The van der Waals surface area contributed by atoms with Crippen LogP contribution in [0.4, 0.5) is 0 Å². The van der Waals surface area contributed by atoms with Crippen molar-refractivity contribution in [2.45, 2.75) is 58.3 Å². The first-order valence-corrected chi connectivity index (χ1v) is 6.28. The van der Waals surface area contributed by atoms with E-state index in [4.69, 9.17) is 4.84 Å². The number of rotatable bonds is 7. The second kappa shape index (κ2) is 7.69. The molecule has 0 spiro atoms. The number of amides is 1. The highest BCUT2D eigenvalue weighted by molar-refractivity contribution is 5.75. The van der Waals surface area contributed by atoms with Gasteiger partial charge in [-0.2, -0.15) is 0 Å². The van der Waals surface area contributed by atoms with Gasteiger partial charge in [-0.1, -0.05) is 39.0 Å². The van der Waals surface area contributed by atoms with Gasteiger partial charge in [0.25, 0.3) is 0 Å². The van der Waals surface area contributed by atoms with Crippen LogP contribution in [-0.2, 0) is 9.63 Å². The molecule has 0 unspecified atom stereocenters. The standard InChI is InChI=1S/C12H23NO2/c1-2-3-4-5-6-7-9-12(14)13-10-8-11-15-13/h2-11H2,1H3. The first-order valence-electron chi connectivity index (χ1n) is 6.28. The lowest BCUT2D eigenvalue weighted by Gasteiger charge is -2.13. The molecule has 1 fully saturated rings. The van der Waals surface area contributed by atoms with Crippen LogP contribution in [0.5, 0.6) is 0 Å². The van der Waals surface area contributed by atoms with E-state index >= 15 is 0 Å². The first kappa shape index (κ1) is 12.5. The molecule has 1 heterocycles. The topological polar surface area (TPSA) is 29.5 Å². The highest BCUT2D eigenvalue weighted by Gasteiger charge is 2.18. The van der Waals surface area contributed by atoms with Crippen LogP contribution >= 0.6 is 0 Å². The first-order chi connectivity index (χ1) is 7.34. The number of carbonyl (C=O) groups is 1. The van der Waals surface area contributed by atoms with Crippen molar-refractivity contribution in [2.24, 2.45) is 0 Å². The summed E-state index contributed by atoms with van der Waals surface area (Å²) in [5, 5.41) is 1.53. The molecule has 0 radical (unpaired) electrons. The molecule has 15 heavy (non-hydrogen) atoms. The van der Waals surface area contributed by atoms with Crippen LogP contribution < -0.4 is 0 Å². The van der Waals surface area contributed by atoms with Crippen LogP contribution in [0.1, 0.15) is 58.3 Å². The Morgan fingerprint density at radius 1 is 1.20 bits per heavy atom. The maximum absolute atomic E-state index is 11.5. The van der Waals surface area contributed by atoms with E-state index in [1.54, 1.807) is 0 Å². The summed E-state index contributed by atoms with van der Waals surface area (Å²) in [4.78, 5) is 16.7. The summed E-state index contributed by atoms with van der Waals surface area (Å²) in [7, 11) is 0. The smallest absolute Gasteiger partial charge is 0.246 e. The van der Waals surface area contributed by atoms with E-state index in [0.717, 1.165) is 19.4 Å². The van der Waals surface area contributed by atoms with Gasteiger partial charge in [0.05, 0.1) is 13.2 Å². The van der Waals surface area contributed by atoms with Gasteiger partial charge < -0.3 is 0 Å². The molecule has 0 aliphatic carbocycles. The molecule has 3 heteroatoms. The number of nitrogens with zero attached hydrogens (tertiary/aromatic N) is 1. The number of hydroxylamine groups is 2. The van der Waals surface area contributed by atoms with E-state index in [1.807, 2.05) is 0 Å². The van der Waals surface area contributed by atoms with Crippen LogP contribution in [0.2, 0.25) is 0 Å². The SMILES string of the molecule is CCCCCCCCC(=O)N1CCCO1. The van der Waals surface area contributed by atoms with Crippen molar-refractivity contribution in [2.75, 3.05) is 13.2 Å². The monoisotopic (exact) mass is 213 g/mol. The Labute approximate surface area is 92.7 Å². The maximum atomic E-state index is 11.5. The molecule has 1 saturated heterocycles. The Morgan fingerprint density at radius 3 is 2.60 bits per heavy atom. The van der Waals surface area contributed by atoms with Crippen molar-refractivity contribution in [3.8, 4) is 0 Å². The lowest BCUT2D eigenvalue weighted by atomic mass is 10.1. The minimum atomic E-state index is 0.169. The zero-order valence-electron chi connectivity index (χ0n) is 9.83. The van der Waals surface area contributed by atoms with E-state index < -0.39 is 0 Å².